The Bertz CT molecular complexity index is 643. The van der Waals surface area contributed by atoms with Crippen LogP contribution in [0, 0.1) is 25.5 Å². The van der Waals surface area contributed by atoms with E-state index in [1.165, 1.54) is 23.3 Å². The summed E-state index contributed by atoms with van der Waals surface area (Å²) in [5.74, 6) is -0.510. The summed E-state index contributed by atoms with van der Waals surface area (Å²) in [5.41, 5.74) is 3.04. The molecule has 1 saturated carbocycles. The molecule has 2 aromatic carbocycles. The molecular formula is C18H19F2N. The molecule has 0 spiro atoms. The van der Waals surface area contributed by atoms with Gasteiger partial charge < -0.3 is 5.32 Å². The molecule has 1 aliphatic rings. The van der Waals surface area contributed by atoms with Crippen molar-refractivity contribution in [3.8, 4) is 0 Å². The molecule has 0 heterocycles. The summed E-state index contributed by atoms with van der Waals surface area (Å²) < 4.78 is 27.7. The molecule has 3 rings (SSSR count). The van der Waals surface area contributed by atoms with Gasteiger partial charge in [-0.2, -0.15) is 0 Å². The molecule has 1 aliphatic carbocycles. The molecule has 1 N–H and O–H groups in total. The van der Waals surface area contributed by atoms with E-state index >= 15 is 0 Å². The van der Waals surface area contributed by atoms with Crippen LogP contribution >= 0.6 is 0 Å². The highest BCUT2D eigenvalue weighted by atomic mass is 19.1. The Hall–Kier alpha value is -1.90. The molecule has 0 amide bonds. The topological polar surface area (TPSA) is 12.0 Å². The summed E-state index contributed by atoms with van der Waals surface area (Å²) in [6.45, 7) is 3.72. The van der Waals surface area contributed by atoms with E-state index in [9.17, 15) is 8.78 Å². The molecule has 110 valence electrons. The number of hydrogen-bond donors (Lipinski definition) is 1. The summed E-state index contributed by atoms with van der Waals surface area (Å²) in [6, 6.07) is 11.4. The van der Waals surface area contributed by atoms with E-state index in [4.69, 9.17) is 0 Å². The van der Waals surface area contributed by atoms with Crippen LogP contribution in [0.25, 0.3) is 0 Å². The first-order valence-electron chi connectivity index (χ1n) is 7.32. The zero-order valence-electron chi connectivity index (χ0n) is 12.3. The van der Waals surface area contributed by atoms with E-state index in [0.717, 1.165) is 12.8 Å². The van der Waals surface area contributed by atoms with E-state index in [1.54, 1.807) is 6.92 Å². The molecule has 0 bridgehead atoms. The second kappa shape index (κ2) is 5.47. The number of hydrogen-bond acceptors (Lipinski definition) is 1. The molecule has 0 aliphatic heterocycles. The number of nitrogens with one attached hydrogen (secondary N) is 1. The molecule has 0 aromatic heterocycles. The number of aryl methyl sites for hydroxylation is 2. The van der Waals surface area contributed by atoms with Crippen molar-refractivity contribution < 1.29 is 8.78 Å². The summed E-state index contributed by atoms with van der Waals surface area (Å²) in [4.78, 5) is 0. The van der Waals surface area contributed by atoms with Gasteiger partial charge in [0.25, 0.3) is 0 Å². The summed E-state index contributed by atoms with van der Waals surface area (Å²) >= 11 is 0. The number of anilines is 1. The first-order valence-corrected chi connectivity index (χ1v) is 7.32. The quantitative estimate of drug-likeness (QED) is 0.843. The van der Waals surface area contributed by atoms with Crippen molar-refractivity contribution in [1.82, 2.24) is 0 Å². The third kappa shape index (κ3) is 2.78. The summed E-state index contributed by atoms with van der Waals surface area (Å²) in [7, 11) is 0. The zero-order valence-corrected chi connectivity index (χ0v) is 12.3. The lowest BCUT2D eigenvalue weighted by molar-refractivity contribution is 0.371. The van der Waals surface area contributed by atoms with Crippen molar-refractivity contribution in [1.29, 1.82) is 0 Å². The number of rotatable bonds is 3. The van der Waals surface area contributed by atoms with Gasteiger partial charge >= 0.3 is 0 Å². The third-order valence-electron chi connectivity index (χ3n) is 4.32. The summed E-state index contributed by atoms with van der Waals surface area (Å²) in [6.07, 6.45) is 1.83. The molecule has 0 radical (unpaired) electrons. The van der Waals surface area contributed by atoms with Gasteiger partial charge in [0.15, 0.2) is 5.82 Å². The Balaban J connectivity index is 1.65. The second-order valence-corrected chi connectivity index (χ2v) is 5.97. The van der Waals surface area contributed by atoms with E-state index < -0.39 is 11.6 Å². The fraction of sp³-hybridized carbons (Fsp3) is 0.333. The lowest BCUT2D eigenvalue weighted by atomic mass is 9.75. The van der Waals surface area contributed by atoms with Gasteiger partial charge in [0.1, 0.15) is 11.5 Å². The highest BCUT2D eigenvalue weighted by molar-refractivity contribution is 5.50. The average molecular weight is 287 g/mol. The van der Waals surface area contributed by atoms with Crippen LogP contribution in [0.2, 0.25) is 0 Å². The minimum Gasteiger partial charge on any atom is -0.378 e. The minimum atomic E-state index is -0.517. The van der Waals surface area contributed by atoms with Crippen LogP contribution in [0.5, 0.6) is 0 Å². The van der Waals surface area contributed by atoms with E-state index in [2.05, 4.69) is 36.5 Å². The molecule has 1 fully saturated rings. The van der Waals surface area contributed by atoms with Crippen LogP contribution in [-0.4, -0.2) is 6.04 Å². The molecule has 21 heavy (non-hydrogen) atoms. The number of halogens is 2. The third-order valence-corrected chi connectivity index (χ3v) is 4.32. The highest BCUT2D eigenvalue weighted by Gasteiger charge is 2.31. The van der Waals surface area contributed by atoms with E-state index in [-0.39, 0.29) is 11.7 Å². The van der Waals surface area contributed by atoms with Gasteiger partial charge in [0.2, 0.25) is 0 Å². The Kier molecular flexibility index (Phi) is 3.66. The van der Waals surface area contributed by atoms with Gasteiger partial charge in [-0.3, -0.25) is 0 Å². The Morgan fingerprint density at radius 2 is 1.62 bits per heavy atom. The normalized spacial score (nSPS) is 21.0. The first-order chi connectivity index (χ1) is 10.0. The van der Waals surface area contributed by atoms with Crippen molar-refractivity contribution in [2.45, 2.75) is 38.6 Å². The molecule has 2 aromatic rings. The Morgan fingerprint density at radius 3 is 2.29 bits per heavy atom. The SMILES string of the molecule is Cc1ccc(C2CC(Nc3c(F)ccc(C)c3F)C2)cc1. The molecule has 1 nitrogen and oxygen atoms in total. The standard InChI is InChI=1S/C18H19F2N/c1-11-3-6-13(7-4-11)14-9-15(10-14)21-18-16(19)8-5-12(2)17(18)20/h3-8,14-15,21H,9-10H2,1-2H3. The van der Waals surface area contributed by atoms with Crippen molar-refractivity contribution in [3.05, 3.63) is 64.7 Å². The smallest absolute Gasteiger partial charge is 0.152 e. The molecule has 0 atom stereocenters. The van der Waals surface area contributed by atoms with Crippen molar-refractivity contribution in [2.75, 3.05) is 5.32 Å². The Morgan fingerprint density at radius 1 is 0.952 bits per heavy atom. The maximum Gasteiger partial charge on any atom is 0.152 e. The van der Waals surface area contributed by atoms with Crippen LogP contribution in [0.15, 0.2) is 36.4 Å². The monoisotopic (exact) mass is 287 g/mol. The largest absolute Gasteiger partial charge is 0.378 e. The lowest BCUT2D eigenvalue weighted by Crippen LogP contribution is -2.34. The fourth-order valence-corrected chi connectivity index (χ4v) is 2.84. The maximum atomic E-state index is 13.9. The average Bonchev–Trinajstić information content (AvgIpc) is 2.43. The molecule has 3 heteroatoms. The minimum absolute atomic E-state index is 0.0161. The first kappa shape index (κ1) is 14.1. The van der Waals surface area contributed by atoms with Gasteiger partial charge in [0.05, 0.1) is 0 Å². The predicted molar refractivity (Wildman–Crippen MR) is 81.7 cm³/mol. The fourth-order valence-electron chi connectivity index (χ4n) is 2.84. The van der Waals surface area contributed by atoms with Gasteiger partial charge in [0, 0.05) is 6.04 Å². The van der Waals surface area contributed by atoms with Crippen molar-refractivity contribution >= 4 is 5.69 Å². The highest BCUT2D eigenvalue weighted by Crippen LogP contribution is 2.39. The number of benzene rings is 2. The molecule has 0 saturated heterocycles. The van der Waals surface area contributed by atoms with Gasteiger partial charge in [-0.1, -0.05) is 35.9 Å². The van der Waals surface area contributed by atoms with Gasteiger partial charge in [-0.25, -0.2) is 8.78 Å². The van der Waals surface area contributed by atoms with Crippen LogP contribution in [0.4, 0.5) is 14.5 Å². The van der Waals surface area contributed by atoms with E-state index in [0.29, 0.717) is 11.5 Å². The second-order valence-electron chi connectivity index (χ2n) is 5.97. The van der Waals surface area contributed by atoms with Crippen LogP contribution < -0.4 is 5.32 Å². The van der Waals surface area contributed by atoms with Gasteiger partial charge in [-0.05, 0) is 49.8 Å². The van der Waals surface area contributed by atoms with Crippen LogP contribution in [-0.2, 0) is 0 Å². The maximum absolute atomic E-state index is 13.9. The molecular weight excluding hydrogens is 268 g/mol. The Labute approximate surface area is 124 Å². The van der Waals surface area contributed by atoms with Crippen molar-refractivity contribution in [2.24, 2.45) is 0 Å². The predicted octanol–water partition coefficient (Wildman–Crippen LogP) is 4.94. The molecule has 0 unspecified atom stereocenters. The van der Waals surface area contributed by atoms with Crippen molar-refractivity contribution in [3.63, 3.8) is 0 Å². The van der Waals surface area contributed by atoms with Crippen LogP contribution in [0.3, 0.4) is 0 Å². The van der Waals surface area contributed by atoms with E-state index in [1.807, 2.05) is 0 Å². The summed E-state index contributed by atoms with van der Waals surface area (Å²) in [5, 5.41) is 3.02. The van der Waals surface area contributed by atoms with Gasteiger partial charge in [-0.15, -0.1) is 0 Å². The van der Waals surface area contributed by atoms with Crippen LogP contribution in [0.1, 0.15) is 35.4 Å². The lowest BCUT2D eigenvalue weighted by Gasteiger charge is -2.37. The zero-order chi connectivity index (χ0) is 15.0.